The van der Waals surface area contributed by atoms with Crippen molar-refractivity contribution in [3.05, 3.63) is 33.6 Å². The minimum atomic E-state index is -4.88. The van der Waals surface area contributed by atoms with Gasteiger partial charge in [-0.2, -0.15) is 13.2 Å². The second-order valence-electron chi connectivity index (χ2n) is 4.32. The number of aromatic nitrogens is 1. The number of esters is 2. The zero-order chi connectivity index (χ0) is 18.5. The largest absolute Gasteiger partial charge is 0.465 e. The third-order valence-electron chi connectivity index (χ3n) is 2.74. The molecule has 11 heteroatoms. The molecule has 0 radical (unpaired) electrons. The average molecular weight is 350 g/mol. The van der Waals surface area contributed by atoms with Crippen molar-refractivity contribution < 1.29 is 37.2 Å². The minimum absolute atomic E-state index is 0.150. The summed E-state index contributed by atoms with van der Waals surface area (Å²) in [7, 11) is 0. The Hall–Kier alpha value is -2.72. The van der Waals surface area contributed by atoms with Crippen molar-refractivity contribution in [3.8, 4) is 0 Å². The Morgan fingerprint density at radius 2 is 1.75 bits per heavy atom. The van der Waals surface area contributed by atoms with Crippen LogP contribution < -0.4 is 0 Å². The van der Waals surface area contributed by atoms with Crippen LogP contribution in [-0.4, -0.2) is 35.1 Å². The van der Waals surface area contributed by atoms with Gasteiger partial charge in [0, 0.05) is 12.3 Å². The number of nitro groups is 1. The third-order valence-corrected chi connectivity index (χ3v) is 2.74. The van der Waals surface area contributed by atoms with Gasteiger partial charge in [-0.05, 0) is 13.8 Å². The second-order valence-corrected chi connectivity index (χ2v) is 4.32. The first-order chi connectivity index (χ1) is 11.1. The fourth-order valence-electron chi connectivity index (χ4n) is 1.76. The second kappa shape index (κ2) is 7.70. The highest BCUT2D eigenvalue weighted by molar-refractivity contribution is 6.01. The van der Waals surface area contributed by atoms with Gasteiger partial charge in [-0.1, -0.05) is 0 Å². The highest BCUT2D eigenvalue weighted by Crippen LogP contribution is 2.34. The van der Waals surface area contributed by atoms with Crippen LogP contribution >= 0.6 is 0 Å². The van der Waals surface area contributed by atoms with Crippen LogP contribution in [0.2, 0.25) is 0 Å². The maximum Gasteiger partial charge on any atom is 0.418 e. The summed E-state index contributed by atoms with van der Waals surface area (Å²) in [5, 5.41) is 11.1. The quantitative estimate of drug-likeness (QED) is 0.335. The summed E-state index contributed by atoms with van der Waals surface area (Å²) >= 11 is 0. The summed E-state index contributed by atoms with van der Waals surface area (Å²) in [6.07, 6.45) is -4.58. The van der Waals surface area contributed by atoms with Crippen molar-refractivity contribution in [2.75, 3.05) is 13.2 Å². The van der Waals surface area contributed by atoms with E-state index in [1.165, 1.54) is 13.8 Å². The van der Waals surface area contributed by atoms with Crippen LogP contribution in [-0.2, 0) is 25.2 Å². The van der Waals surface area contributed by atoms with Gasteiger partial charge in [0.1, 0.15) is 5.69 Å². The van der Waals surface area contributed by atoms with Crippen molar-refractivity contribution in [2.45, 2.75) is 25.9 Å². The molecule has 0 amide bonds. The van der Waals surface area contributed by atoms with Gasteiger partial charge in [0.05, 0.1) is 23.7 Å². The van der Waals surface area contributed by atoms with Crippen LogP contribution in [0.3, 0.4) is 0 Å². The number of pyridine rings is 1. The average Bonchev–Trinajstić information content (AvgIpc) is 2.47. The monoisotopic (exact) mass is 350 g/mol. The molecule has 0 spiro atoms. The third kappa shape index (κ3) is 4.40. The Morgan fingerprint density at radius 3 is 2.12 bits per heavy atom. The lowest BCUT2D eigenvalue weighted by atomic mass is 10.0. The van der Waals surface area contributed by atoms with Crippen LogP contribution in [0, 0.1) is 10.1 Å². The van der Waals surface area contributed by atoms with Crippen LogP contribution in [0.5, 0.6) is 0 Å². The van der Waals surface area contributed by atoms with Crippen molar-refractivity contribution in [1.82, 2.24) is 4.98 Å². The van der Waals surface area contributed by atoms with Gasteiger partial charge < -0.3 is 9.47 Å². The summed E-state index contributed by atoms with van der Waals surface area (Å²) in [4.78, 5) is 37.0. The Morgan fingerprint density at radius 1 is 1.25 bits per heavy atom. The zero-order valence-corrected chi connectivity index (χ0v) is 12.6. The molecule has 132 valence electrons. The molecule has 0 aromatic carbocycles. The number of halogens is 3. The topological polar surface area (TPSA) is 109 Å². The lowest BCUT2D eigenvalue weighted by Gasteiger charge is -2.15. The van der Waals surface area contributed by atoms with Crippen LogP contribution in [0.15, 0.2) is 12.3 Å². The summed E-state index contributed by atoms with van der Waals surface area (Å²) in [5.74, 6) is -4.36. The Kier molecular flexibility index (Phi) is 6.20. The molecule has 0 N–H and O–H groups in total. The highest BCUT2D eigenvalue weighted by Gasteiger charge is 2.41. The predicted molar refractivity (Wildman–Crippen MR) is 71.9 cm³/mol. The summed E-state index contributed by atoms with van der Waals surface area (Å²) in [5.41, 5.74) is -3.29. The first-order valence-electron chi connectivity index (χ1n) is 6.68. The number of alkyl halides is 3. The SMILES string of the molecule is CCOC(=O)C(C(=O)OCC)c1ncc(C(F)(F)F)cc1[N+](=O)[O-]. The molecule has 0 aliphatic heterocycles. The molecule has 1 aromatic heterocycles. The number of rotatable bonds is 6. The van der Waals surface area contributed by atoms with Gasteiger partial charge in [-0.25, -0.2) is 0 Å². The molecule has 0 fully saturated rings. The van der Waals surface area contributed by atoms with E-state index in [9.17, 15) is 32.9 Å². The number of nitrogens with zero attached hydrogens (tertiary/aromatic N) is 2. The van der Waals surface area contributed by atoms with E-state index in [1.54, 1.807) is 0 Å². The Balaban J connectivity index is 3.48. The fraction of sp³-hybridized carbons (Fsp3) is 0.462. The minimum Gasteiger partial charge on any atom is -0.465 e. The number of ether oxygens (including phenoxy) is 2. The lowest BCUT2D eigenvalue weighted by Crippen LogP contribution is -2.28. The molecule has 1 heterocycles. The van der Waals surface area contributed by atoms with E-state index in [4.69, 9.17) is 0 Å². The molecule has 0 saturated carbocycles. The van der Waals surface area contributed by atoms with Crippen molar-refractivity contribution in [2.24, 2.45) is 0 Å². The number of hydrogen-bond acceptors (Lipinski definition) is 7. The van der Waals surface area contributed by atoms with Gasteiger partial charge in [-0.3, -0.25) is 24.7 Å². The fourth-order valence-corrected chi connectivity index (χ4v) is 1.76. The summed E-state index contributed by atoms with van der Waals surface area (Å²) in [6, 6.07) is 0.202. The van der Waals surface area contributed by atoms with E-state index in [2.05, 4.69) is 14.5 Å². The molecule has 24 heavy (non-hydrogen) atoms. The zero-order valence-electron chi connectivity index (χ0n) is 12.6. The molecule has 8 nitrogen and oxygen atoms in total. The first kappa shape index (κ1) is 19.3. The van der Waals surface area contributed by atoms with Gasteiger partial charge in [0.25, 0.3) is 5.69 Å². The van der Waals surface area contributed by atoms with Crippen LogP contribution in [0.4, 0.5) is 18.9 Å². The Bertz CT molecular complexity index is 629. The molecule has 0 unspecified atom stereocenters. The van der Waals surface area contributed by atoms with Crippen molar-refractivity contribution in [3.63, 3.8) is 0 Å². The van der Waals surface area contributed by atoms with Crippen LogP contribution in [0.1, 0.15) is 31.0 Å². The van der Waals surface area contributed by atoms with E-state index >= 15 is 0 Å². The Labute approximate surface area is 133 Å². The van der Waals surface area contributed by atoms with Crippen molar-refractivity contribution in [1.29, 1.82) is 0 Å². The maximum absolute atomic E-state index is 12.7. The van der Waals surface area contributed by atoms with Crippen molar-refractivity contribution >= 4 is 17.6 Å². The number of carbonyl (C=O) groups is 2. The molecule has 0 saturated heterocycles. The van der Waals surface area contributed by atoms with Gasteiger partial charge in [-0.15, -0.1) is 0 Å². The molecule has 0 aliphatic rings. The maximum atomic E-state index is 12.7. The first-order valence-corrected chi connectivity index (χ1v) is 6.68. The van der Waals surface area contributed by atoms with E-state index < -0.39 is 45.9 Å². The van der Waals surface area contributed by atoms with E-state index in [1.807, 2.05) is 0 Å². The lowest BCUT2D eigenvalue weighted by molar-refractivity contribution is -0.386. The number of hydrogen-bond donors (Lipinski definition) is 0. The van der Waals surface area contributed by atoms with E-state index in [0.29, 0.717) is 6.20 Å². The van der Waals surface area contributed by atoms with E-state index in [-0.39, 0.29) is 19.3 Å². The van der Waals surface area contributed by atoms with Gasteiger partial charge in [0.15, 0.2) is 0 Å². The predicted octanol–water partition coefficient (Wildman–Crippen LogP) is 2.22. The smallest absolute Gasteiger partial charge is 0.418 e. The molecular weight excluding hydrogens is 337 g/mol. The number of carbonyl (C=O) groups excluding carboxylic acids is 2. The molecular formula is C13H13F3N2O6. The van der Waals surface area contributed by atoms with Crippen LogP contribution in [0.25, 0.3) is 0 Å². The standard InChI is InChI=1S/C13H13F3N2O6/c1-3-23-11(19)9(12(20)24-4-2)10-8(18(21)22)5-7(6-17-10)13(14,15)16/h5-6,9H,3-4H2,1-2H3. The molecule has 0 atom stereocenters. The molecule has 1 rings (SSSR count). The normalized spacial score (nSPS) is 11.2. The molecule has 0 bridgehead atoms. The van der Waals surface area contributed by atoms with Gasteiger partial charge in [0.2, 0.25) is 5.92 Å². The van der Waals surface area contributed by atoms with Gasteiger partial charge >= 0.3 is 18.1 Å². The summed E-state index contributed by atoms with van der Waals surface area (Å²) in [6.45, 7) is 2.55. The summed E-state index contributed by atoms with van der Waals surface area (Å²) < 4.78 is 47.3. The molecule has 1 aromatic rings. The van der Waals surface area contributed by atoms with E-state index in [0.717, 1.165) is 0 Å². The highest BCUT2D eigenvalue weighted by atomic mass is 19.4. The molecule has 0 aliphatic carbocycles.